The lowest BCUT2D eigenvalue weighted by atomic mass is 10.1. The summed E-state index contributed by atoms with van der Waals surface area (Å²) in [6, 6.07) is 15.1. The number of nitrogen functional groups attached to an aromatic ring is 1. The van der Waals surface area contributed by atoms with Crippen LogP contribution in [-0.4, -0.2) is 9.88 Å². The number of benzene rings is 2. The van der Waals surface area contributed by atoms with Crippen LogP contribution in [0.15, 0.2) is 42.5 Å². The highest BCUT2D eigenvalue weighted by atomic mass is 32.1. The molecule has 1 aliphatic heterocycles. The van der Waals surface area contributed by atoms with E-state index in [0.717, 1.165) is 25.2 Å². The number of rotatable bonds is 2. The molecule has 3 nitrogen and oxygen atoms in total. The Labute approximate surface area is 121 Å². The second-order valence-corrected chi connectivity index (χ2v) is 6.33. The van der Waals surface area contributed by atoms with Gasteiger partial charge in [-0.05, 0) is 28.8 Å². The third-order valence-electron chi connectivity index (χ3n) is 3.78. The SMILES string of the molecule is Nc1nc2ccc(CN3Cc4ccccc4C3)cc2s1. The van der Waals surface area contributed by atoms with Gasteiger partial charge >= 0.3 is 0 Å². The summed E-state index contributed by atoms with van der Waals surface area (Å²) in [5.41, 5.74) is 11.0. The Morgan fingerprint density at radius 1 is 1.10 bits per heavy atom. The molecule has 4 rings (SSSR count). The van der Waals surface area contributed by atoms with Gasteiger partial charge in [0.1, 0.15) is 0 Å². The van der Waals surface area contributed by atoms with E-state index in [0.29, 0.717) is 5.13 Å². The van der Waals surface area contributed by atoms with Crippen LogP contribution in [0.4, 0.5) is 5.13 Å². The van der Waals surface area contributed by atoms with Crippen LogP contribution in [0, 0.1) is 0 Å². The smallest absolute Gasteiger partial charge is 0.181 e. The average molecular weight is 281 g/mol. The van der Waals surface area contributed by atoms with Crippen molar-refractivity contribution < 1.29 is 0 Å². The van der Waals surface area contributed by atoms with Crippen LogP contribution in [0.2, 0.25) is 0 Å². The summed E-state index contributed by atoms with van der Waals surface area (Å²) in [5.74, 6) is 0. The van der Waals surface area contributed by atoms with Gasteiger partial charge in [0.15, 0.2) is 5.13 Å². The molecular weight excluding hydrogens is 266 g/mol. The summed E-state index contributed by atoms with van der Waals surface area (Å²) in [4.78, 5) is 6.77. The number of thiazole rings is 1. The van der Waals surface area contributed by atoms with Crippen molar-refractivity contribution in [3.63, 3.8) is 0 Å². The molecule has 2 heterocycles. The average Bonchev–Trinajstić information content (AvgIpc) is 2.99. The zero-order chi connectivity index (χ0) is 13.5. The van der Waals surface area contributed by atoms with Crippen LogP contribution in [0.5, 0.6) is 0 Å². The molecule has 4 heteroatoms. The standard InChI is InChI=1S/C16H15N3S/c17-16-18-14-6-5-11(7-15(14)20-16)8-19-9-12-3-1-2-4-13(12)10-19/h1-7H,8-10H2,(H2,17,18). The highest BCUT2D eigenvalue weighted by molar-refractivity contribution is 7.22. The summed E-state index contributed by atoms with van der Waals surface area (Å²) >= 11 is 1.56. The van der Waals surface area contributed by atoms with Gasteiger partial charge in [0, 0.05) is 19.6 Å². The largest absolute Gasteiger partial charge is 0.375 e. The summed E-state index contributed by atoms with van der Waals surface area (Å²) in [6.45, 7) is 3.06. The molecule has 1 aliphatic rings. The normalized spacial score (nSPS) is 14.8. The van der Waals surface area contributed by atoms with Crippen molar-refractivity contribution in [1.29, 1.82) is 0 Å². The number of anilines is 1. The highest BCUT2D eigenvalue weighted by Crippen LogP contribution is 2.27. The van der Waals surface area contributed by atoms with E-state index in [-0.39, 0.29) is 0 Å². The molecule has 0 atom stereocenters. The Bertz CT molecular complexity index is 753. The van der Waals surface area contributed by atoms with Gasteiger partial charge in [-0.3, -0.25) is 4.90 Å². The Kier molecular flexibility index (Phi) is 2.72. The van der Waals surface area contributed by atoms with Gasteiger partial charge in [0.25, 0.3) is 0 Å². The fourth-order valence-corrected chi connectivity index (χ4v) is 3.66. The van der Waals surface area contributed by atoms with Gasteiger partial charge in [-0.15, -0.1) is 0 Å². The van der Waals surface area contributed by atoms with Gasteiger partial charge in [-0.25, -0.2) is 4.98 Å². The van der Waals surface area contributed by atoms with Crippen LogP contribution in [0.25, 0.3) is 10.2 Å². The maximum Gasteiger partial charge on any atom is 0.181 e. The molecule has 100 valence electrons. The minimum atomic E-state index is 0.644. The van der Waals surface area contributed by atoms with Crippen molar-refractivity contribution in [3.8, 4) is 0 Å². The molecule has 3 aromatic rings. The molecule has 0 saturated carbocycles. The number of hydrogen-bond acceptors (Lipinski definition) is 4. The van der Waals surface area contributed by atoms with Gasteiger partial charge in [-0.2, -0.15) is 0 Å². The first kappa shape index (κ1) is 11.9. The van der Waals surface area contributed by atoms with Crippen LogP contribution >= 0.6 is 11.3 Å². The number of aromatic nitrogens is 1. The van der Waals surface area contributed by atoms with Crippen LogP contribution in [0.3, 0.4) is 0 Å². The second kappa shape index (κ2) is 4.58. The molecular formula is C16H15N3S. The van der Waals surface area contributed by atoms with E-state index >= 15 is 0 Å². The van der Waals surface area contributed by atoms with E-state index in [1.54, 1.807) is 11.3 Å². The lowest BCUT2D eigenvalue weighted by Crippen LogP contribution is -2.15. The van der Waals surface area contributed by atoms with Crippen molar-refractivity contribution in [2.24, 2.45) is 0 Å². The van der Waals surface area contributed by atoms with Crippen molar-refractivity contribution in [1.82, 2.24) is 9.88 Å². The summed E-state index contributed by atoms with van der Waals surface area (Å²) in [5, 5.41) is 0.644. The van der Waals surface area contributed by atoms with Gasteiger partial charge in [0.2, 0.25) is 0 Å². The second-order valence-electron chi connectivity index (χ2n) is 5.27. The fourth-order valence-electron chi connectivity index (χ4n) is 2.86. The van der Waals surface area contributed by atoms with Gasteiger partial charge in [0.05, 0.1) is 10.2 Å². The molecule has 0 unspecified atom stereocenters. The van der Waals surface area contributed by atoms with Gasteiger partial charge < -0.3 is 5.73 Å². The van der Waals surface area contributed by atoms with E-state index in [9.17, 15) is 0 Å². The maximum absolute atomic E-state index is 5.76. The number of fused-ring (bicyclic) bond motifs is 2. The fraction of sp³-hybridized carbons (Fsp3) is 0.188. The van der Waals surface area contributed by atoms with E-state index in [2.05, 4.69) is 52.3 Å². The zero-order valence-electron chi connectivity index (χ0n) is 11.0. The lowest BCUT2D eigenvalue weighted by Gasteiger charge is -2.14. The third kappa shape index (κ3) is 2.07. The molecule has 0 radical (unpaired) electrons. The third-order valence-corrected chi connectivity index (χ3v) is 4.63. The van der Waals surface area contributed by atoms with E-state index in [4.69, 9.17) is 5.73 Å². The predicted octanol–water partition coefficient (Wildman–Crippen LogP) is 3.39. The minimum absolute atomic E-state index is 0.644. The zero-order valence-corrected chi connectivity index (χ0v) is 11.9. The molecule has 0 saturated heterocycles. The van der Waals surface area contributed by atoms with Crippen molar-refractivity contribution in [2.45, 2.75) is 19.6 Å². The first-order valence-electron chi connectivity index (χ1n) is 6.72. The molecule has 2 N–H and O–H groups in total. The van der Waals surface area contributed by atoms with Crippen molar-refractivity contribution in [3.05, 3.63) is 59.2 Å². The Balaban J connectivity index is 1.57. The predicted molar refractivity (Wildman–Crippen MR) is 83.4 cm³/mol. The first-order valence-corrected chi connectivity index (χ1v) is 7.54. The summed E-state index contributed by atoms with van der Waals surface area (Å²) < 4.78 is 1.18. The summed E-state index contributed by atoms with van der Waals surface area (Å²) in [6.07, 6.45) is 0. The van der Waals surface area contributed by atoms with E-state index in [1.807, 2.05) is 0 Å². The van der Waals surface area contributed by atoms with E-state index < -0.39 is 0 Å². The Morgan fingerprint density at radius 3 is 2.60 bits per heavy atom. The highest BCUT2D eigenvalue weighted by Gasteiger charge is 2.18. The number of nitrogens with zero attached hydrogens (tertiary/aromatic N) is 2. The first-order chi connectivity index (χ1) is 9.78. The summed E-state index contributed by atoms with van der Waals surface area (Å²) in [7, 11) is 0. The molecule has 0 aliphatic carbocycles. The quantitative estimate of drug-likeness (QED) is 0.783. The topological polar surface area (TPSA) is 42.1 Å². The lowest BCUT2D eigenvalue weighted by molar-refractivity contribution is 0.275. The molecule has 2 aromatic carbocycles. The molecule has 0 fully saturated rings. The van der Waals surface area contributed by atoms with Gasteiger partial charge in [-0.1, -0.05) is 41.7 Å². The van der Waals surface area contributed by atoms with E-state index in [1.165, 1.54) is 21.4 Å². The van der Waals surface area contributed by atoms with Crippen molar-refractivity contribution in [2.75, 3.05) is 5.73 Å². The number of hydrogen-bond donors (Lipinski definition) is 1. The maximum atomic E-state index is 5.76. The minimum Gasteiger partial charge on any atom is -0.375 e. The van der Waals surface area contributed by atoms with Crippen LogP contribution in [-0.2, 0) is 19.6 Å². The molecule has 1 aromatic heterocycles. The monoisotopic (exact) mass is 281 g/mol. The molecule has 0 spiro atoms. The van der Waals surface area contributed by atoms with Crippen molar-refractivity contribution >= 4 is 26.7 Å². The number of nitrogens with two attached hydrogens (primary N) is 1. The Hall–Kier alpha value is -1.91. The molecule has 20 heavy (non-hydrogen) atoms. The molecule has 0 amide bonds. The Morgan fingerprint density at radius 2 is 1.85 bits per heavy atom. The molecule has 0 bridgehead atoms. The van der Waals surface area contributed by atoms with Crippen LogP contribution in [0.1, 0.15) is 16.7 Å². The van der Waals surface area contributed by atoms with Crippen LogP contribution < -0.4 is 5.73 Å².